The topological polar surface area (TPSA) is 60.9 Å². The van der Waals surface area contributed by atoms with Crippen molar-refractivity contribution in [1.29, 1.82) is 0 Å². The van der Waals surface area contributed by atoms with Crippen molar-refractivity contribution in [2.24, 2.45) is 12.8 Å². The molecular formula is C14H16BrN3O. The summed E-state index contributed by atoms with van der Waals surface area (Å²) in [6, 6.07) is 8.81. The van der Waals surface area contributed by atoms with E-state index in [2.05, 4.69) is 21.0 Å². The average molecular weight is 322 g/mol. The average Bonchev–Trinajstić information content (AvgIpc) is 2.65. The highest BCUT2D eigenvalue weighted by atomic mass is 79.9. The second kappa shape index (κ2) is 5.67. The molecule has 4 nitrogen and oxygen atoms in total. The molecule has 1 atom stereocenters. The van der Waals surface area contributed by atoms with E-state index in [0.29, 0.717) is 0 Å². The van der Waals surface area contributed by atoms with Gasteiger partial charge in [0.2, 0.25) is 0 Å². The Morgan fingerprint density at radius 3 is 2.58 bits per heavy atom. The summed E-state index contributed by atoms with van der Waals surface area (Å²) in [5.74, 6) is -0.0186. The van der Waals surface area contributed by atoms with Gasteiger partial charge in [0, 0.05) is 7.05 Å². The van der Waals surface area contributed by atoms with Gasteiger partial charge >= 0.3 is 0 Å². The largest absolute Gasteiger partial charge is 0.318 e. The third-order valence-corrected chi connectivity index (χ3v) is 4.14. The van der Waals surface area contributed by atoms with Crippen molar-refractivity contribution in [3.8, 4) is 0 Å². The van der Waals surface area contributed by atoms with Gasteiger partial charge in [0.05, 0.1) is 28.3 Å². The van der Waals surface area contributed by atoms with Crippen LogP contribution < -0.4 is 5.73 Å². The van der Waals surface area contributed by atoms with Gasteiger partial charge in [-0.3, -0.25) is 9.48 Å². The number of hydrogen-bond donors (Lipinski definition) is 1. The molecule has 0 bridgehead atoms. The molecule has 1 aromatic heterocycles. The first-order chi connectivity index (χ1) is 9.00. The van der Waals surface area contributed by atoms with Crippen LogP contribution in [0.4, 0.5) is 0 Å². The van der Waals surface area contributed by atoms with E-state index in [1.807, 2.05) is 44.3 Å². The summed E-state index contributed by atoms with van der Waals surface area (Å²) in [5.41, 5.74) is 8.56. The van der Waals surface area contributed by atoms with Gasteiger partial charge in [-0.2, -0.15) is 5.10 Å². The lowest BCUT2D eigenvalue weighted by atomic mass is 10.0. The van der Waals surface area contributed by atoms with E-state index in [1.54, 1.807) is 4.68 Å². The van der Waals surface area contributed by atoms with Gasteiger partial charge in [-0.25, -0.2) is 0 Å². The summed E-state index contributed by atoms with van der Waals surface area (Å²) < 4.78 is 2.60. The van der Waals surface area contributed by atoms with Crippen LogP contribution in [0.3, 0.4) is 0 Å². The molecule has 0 aliphatic heterocycles. The summed E-state index contributed by atoms with van der Waals surface area (Å²) in [4.78, 5) is 12.2. The lowest BCUT2D eigenvalue weighted by Crippen LogP contribution is -2.24. The number of Topliss-reactive ketones (excluding diaryl/α,β-unsaturated/α-hetero) is 1. The number of carbonyl (C=O) groups is 1. The number of nitrogens with zero attached hydrogens (tertiary/aromatic N) is 2. The third kappa shape index (κ3) is 2.93. The molecule has 2 aromatic rings. The number of nitrogens with two attached hydrogens (primary N) is 1. The maximum atomic E-state index is 12.2. The minimum absolute atomic E-state index is 0.0186. The van der Waals surface area contributed by atoms with Crippen molar-refractivity contribution in [2.45, 2.75) is 19.4 Å². The Labute approximate surface area is 120 Å². The number of carbonyl (C=O) groups excluding carboxylic acids is 1. The fraction of sp³-hybridized carbons (Fsp3) is 0.286. The highest BCUT2D eigenvalue weighted by Gasteiger charge is 2.20. The van der Waals surface area contributed by atoms with Crippen molar-refractivity contribution in [3.05, 3.63) is 51.8 Å². The molecule has 0 saturated carbocycles. The molecule has 0 spiro atoms. The summed E-state index contributed by atoms with van der Waals surface area (Å²) in [6.07, 6.45) is 0.272. The molecule has 1 aromatic carbocycles. The number of hydrogen-bond acceptors (Lipinski definition) is 3. The van der Waals surface area contributed by atoms with Crippen molar-refractivity contribution >= 4 is 21.7 Å². The van der Waals surface area contributed by atoms with E-state index < -0.39 is 6.04 Å². The van der Waals surface area contributed by atoms with Gasteiger partial charge in [0.25, 0.3) is 0 Å². The molecule has 1 heterocycles. The molecule has 5 heteroatoms. The molecule has 0 radical (unpaired) electrons. The summed E-state index contributed by atoms with van der Waals surface area (Å²) in [5, 5.41) is 4.27. The first-order valence-corrected chi connectivity index (χ1v) is 6.81. The third-order valence-electron chi connectivity index (χ3n) is 3.11. The van der Waals surface area contributed by atoms with Crippen LogP contribution in [-0.4, -0.2) is 15.6 Å². The van der Waals surface area contributed by atoms with Crippen LogP contribution in [0.15, 0.2) is 34.8 Å². The van der Waals surface area contributed by atoms with Gasteiger partial charge in [-0.15, -0.1) is 0 Å². The molecular weight excluding hydrogens is 306 g/mol. The van der Waals surface area contributed by atoms with Crippen LogP contribution in [0.1, 0.15) is 23.0 Å². The second-order valence-electron chi connectivity index (χ2n) is 4.50. The normalized spacial score (nSPS) is 12.4. The first-order valence-electron chi connectivity index (χ1n) is 6.02. The molecule has 2 N–H and O–H groups in total. The highest BCUT2D eigenvalue weighted by molar-refractivity contribution is 9.10. The fourth-order valence-corrected chi connectivity index (χ4v) is 2.47. The van der Waals surface area contributed by atoms with Gasteiger partial charge in [0.15, 0.2) is 5.78 Å². The smallest absolute Gasteiger partial charge is 0.160 e. The second-order valence-corrected chi connectivity index (χ2v) is 5.29. The van der Waals surface area contributed by atoms with Gasteiger partial charge in [-0.1, -0.05) is 30.3 Å². The minimum Gasteiger partial charge on any atom is -0.318 e. The SMILES string of the molecule is Cc1nn(C)c(CC(=O)C(N)c2ccccc2)c1Br. The lowest BCUT2D eigenvalue weighted by molar-refractivity contribution is -0.119. The number of ketones is 1. The van der Waals surface area contributed by atoms with Crippen molar-refractivity contribution in [3.63, 3.8) is 0 Å². The Balaban J connectivity index is 2.18. The molecule has 0 amide bonds. The van der Waals surface area contributed by atoms with Crippen molar-refractivity contribution < 1.29 is 4.79 Å². The monoisotopic (exact) mass is 321 g/mol. The van der Waals surface area contributed by atoms with Crippen LogP contribution >= 0.6 is 15.9 Å². The van der Waals surface area contributed by atoms with Gasteiger partial charge in [0.1, 0.15) is 0 Å². The molecule has 0 saturated heterocycles. The quantitative estimate of drug-likeness (QED) is 0.939. The van der Waals surface area contributed by atoms with Gasteiger partial charge in [-0.05, 0) is 28.4 Å². The van der Waals surface area contributed by atoms with E-state index in [4.69, 9.17) is 5.73 Å². The van der Waals surface area contributed by atoms with E-state index in [9.17, 15) is 4.79 Å². The molecule has 2 rings (SSSR count). The van der Waals surface area contributed by atoms with Crippen molar-refractivity contribution in [1.82, 2.24) is 9.78 Å². The zero-order chi connectivity index (χ0) is 14.0. The van der Waals surface area contributed by atoms with E-state index in [-0.39, 0.29) is 12.2 Å². The Morgan fingerprint density at radius 1 is 1.42 bits per heavy atom. The van der Waals surface area contributed by atoms with Gasteiger partial charge < -0.3 is 5.73 Å². The fourth-order valence-electron chi connectivity index (χ4n) is 1.99. The number of rotatable bonds is 4. The number of benzene rings is 1. The Kier molecular flexibility index (Phi) is 4.17. The first kappa shape index (κ1) is 14.0. The Bertz CT molecular complexity index is 592. The van der Waals surface area contributed by atoms with Crippen molar-refractivity contribution in [2.75, 3.05) is 0 Å². The Hall–Kier alpha value is -1.46. The zero-order valence-corrected chi connectivity index (χ0v) is 12.5. The van der Waals surface area contributed by atoms with E-state index in [0.717, 1.165) is 21.4 Å². The molecule has 0 aliphatic rings. The summed E-state index contributed by atoms with van der Waals surface area (Å²) >= 11 is 3.46. The van der Waals surface area contributed by atoms with E-state index in [1.165, 1.54) is 0 Å². The molecule has 19 heavy (non-hydrogen) atoms. The summed E-state index contributed by atoms with van der Waals surface area (Å²) in [6.45, 7) is 1.90. The predicted octanol–water partition coefficient (Wildman–Crippen LogP) is 2.30. The number of halogens is 1. The predicted molar refractivity (Wildman–Crippen MR) is 77.7 cm³/mol. The zero-order valence-electron chi connectivity index (χ0n) is 10.9. The minimum atomic E-state index is -0.594. The lowest BCUT2D eigenvalue weighted by Gasteiger charge is -2.11. The summed E-state index contributed by atoms with van der Waals surface area (Å²) in [7, 11) is 1.83. The molecule has 100 valence electrons. The molecule has 0 fully saturated rings. The van der Waals surface area contributed by atoms with E-state index >= 15 is 0 Å². The molecule has 1 unspecified atom stereocenters. The van der Waals surface area contributed by atoms with Crippen LogP contribution in [0.2, 0.25) is 0 Å². The van der Waals surface area contributed by atoms with Crippen LogP contribution in [0.5, 0.6) is 0 Å². The standard InChI is InChI=1S/C14H16BrN3O/c1-9-13(15)11(18(2)17-9)8-12(19)14(16)10-6-4-3-5-7-10/h3-7,14H,8,16H2,1-2H3. The number of aromatic nitrogens is 2. The van der Waals surface area contributed by atoms with Crippen LogP contribution in [0.25, 0.3) is 0 Å². The molecule has 0 aliphatic carbocycles. The maximum Gasteiger partial charge on any atom is 0.160 e. The van der Waals surface area contributed by atoms with Crippen LogP contribution in [0, 0.1) is 6.92 Å². The maximum absolute atomic E-state index is 12.2. The highest BCUT2D eigenvalue weighted by Crippen LogP contribution is 2.22. The number of aryl methyl sites for hydroxylation is 2. The Morgan fingerprint density at radius 2 is 2.05 bits per heavy atom. The van der Waals surface area contributed by atoms with Crippen LogP contribution in [-0.2, 0) is 18.3 Å².